The van der Waals surface area contributed by atoms with Gasteiger partial charge in [0.05, 0.1) is 88.1 Å². The topological polar surface area (TPSA) is 861 Å². The van der Waals surface area contributed by atoms with Crippen LogP contribution in [-0.4, -0.2) is 317 Å². The van der Waals surface area contributed by atoms with Crippen molar-refractivity contribution in [1.82, 2.24) is 107 Å². The van der Waals surface area contributed by atoms with Gasteiger partial charge in [-0.2, -0.15) is 9.61 Å². The van der Waals surface area contributed by atoms with Crippen molar-refractivity contribution < 1.29 is 165 Å². The van der Waals surface area contributed by atoms with Gasteiger partial charge < -0.3 is 120 Å². The van der Waals surface area contributed by atoms with Crippen LogP contribution in [0, 0.1) is 26.7 Å². The van der Waals surface area contributed by atoms with Crippen LogP contribution in [0.15, 0.2) is 83.1 Å². The molecule has 1 saturated carbocycles. The third kappa shape index (κ3) is 18.2. The number of nitrogens with one attached hydrogen (secondary N) is 4. The summed E-state index contributed by atoms with van der Waals surface area (Å²) in [7, 11) is -28.6. The van der Waals surface area contributed by atoms with E-state index >= 15 is 0 Å². The molecule has 8 saturated heterocycles. The minimum atomic E-state index is -5.08. The second-order valence-corrected chi connectivity index (χ2v) is 40.5. The van der Waals surface area contributed by atoms with E-state index in [1.165, 1.54) is 87.2 Å². The second-order valence-electron chi connectivity index (χ2n) is 32.0. The Balaban J connectivity index is 0.000000131. The van der Waals surface area contributed by atoms with Gasteiger partial charge in [0, 0.05) is 37.1 Å². The average Bonchev–Trinajstić information content (AvgIpc) is 1.62. The number of imidazole rings is 4. The number of aryl methyl sites for hydroxylation is 3. The van der Waals surface area contributed by atoms with Gasteiger partial charge >= 0.3 is 46.9 Å². The van der Waals surface area contributed by atoms with Gasteiger partial charge in [0.2, 0.25) is 5.95 Å². The molecule has 21 rings (SSSR count). The molecule has 20 heterocycles. The highest BCUT2D eigenvalue weighted by atomic mass is 31.2. The zero-order chi connectivity index (χ0) is 96.2. The number of phosphoric ester groups is 6. The van der Waals surface area contributed by atoms with E-state index in [2.05, 4.69) is 85.2 Å². The second kappa shape index (κ2) is 36.3. The van der Waals surface area contributed by atoms with Crippen molar-refractivity contribution in [2.24, 2.45) is 5.92 Å². The number of ether oxygens (including phenoxy) is 5. The van der Waals surface area contributed by atoms with Gasteiger partial charge in [-0.05, 0) is 33.3 Å². The number of hydrogen-bond donors (Lipinski definition) is 18. The zero-order valence-corrected chi connectivity index (χ0v) is 75.3. The Labute approximate surface area is 755 Å². The molecule has 12 aromatic rings. The van der Waals surface area contributed by atoms with E-state index in [1.807, 2.05) is 0 Å². The predicted octanol–water partition coefficient (Wildman–Crippen LogP) is -2.83. The molecule has 9 fully saturated rings. The van der Waals surface area contributed by atoms with Gasteiger partial charge in [0.15, 0.2) is 69.3 Å². The molecule has 0 radical (unpaired) electrons. The fourth-order valence-corrected chi connectivity index (χ4v) is 23.0. The average molecular weight is 2030 g/mol. The highest BCUT2D eigenvalue weighted by Gasteiger charge is 2.59. The Morgan fingerprint density at radius 3 is 1.29 bits per heavy atom. The summed E-state index contributed by atoms with van der Waals surface area (Å²) in [6, 6.07) is 0.856. The smallest absolute Gasteiger partial charge is 0.388 e. The molecule has 0 aromatic carbocycles. The van der Waals surface area contributed by atoms with E-state index in [1.54, 1.807) is 23.9 Å². The van der Waals surface area contributed by atoms with E-state index in [-0.39, 0.29) is 91.6 Å². The first-order valence-electron chi connectivity index (χ1n) is 40.6. The van der Waals surface area contributed by atoms with E-state index < -0.39 is 250 Å². The summed E-state index contributed by atoms with van der Waals surface area (Å²) in [4.78, 5) is 158. The lowest BCUT2D eigenvalue weighted by atomic mass is 10.0. The molecule has 12 aromatic heterocycles. The maximum atomic E-state index is 13.3. The number of aliphatic hydroxyl groups excluding tert-OH is 6. The minimum Gasteiger partial charge on any atom is -0.388 e. The molecule has 63 nitrogen and oxygen atoms in total. The predicted molar refractivity (Wildman–Crippen MR) is 442 cm³/mol. The molecule has 0 spiro atoms. The van der Waals surface area contributed by atoms with Crippen LogP contribution < -0.4 is 33.5 Å². The lowest BCUT2D eigenvalue weighted by Gasteiger charge is -2.27. The first kappa shape index (κ1) is 95.4. The third-order valence-electron chi connectivity index (χ3n) is 23.3. The van der Waals surface area contributed by atoms with Crippen molar-refractivity contribution in [2.75, 3.05) is 63.5 Å². The van der Waals surface area contributed by atoms with Crippen LogP contribution in [-0.2, 0) is 105 Å². The van der Waals surface area contributed by atoms with Gasteiger partial charge in [0.25, 0.3) is 16.7 Å². The van der Waals surface area contributed by atoms with Gasteiger partial charge in [0.1, 0.15) is 158 Å². The molecule has 30 unspecified atom stereocenters. The number of H-pyrrole nitrogens is 3. The minimum absolute atomic E-state index is 0.00149. The number of nitrogen functional groups attached to an aromatic ring is 2. The quantitative estimate of drug-likeness (QED) is 0.0715. The van der Waals surface area contributed by atoms with Crippen molar-refractivity contribution in [3.63, 3.8) is 0 Å². The summed E-state index contributed by atoms with van der Waals surface area (Å²) < 4.78 is 180. The summed E-state index contributed by atoms with van der Waals surface area (Å²) in [5, 5.41) is 74.3. The van der Waals surface area contributed by atoms with Crippen LogP contribution in [0.1, 0.15) is 72.1 Å². The largest absolute Gasteiger partial charge is 0.472 e. The third-order valence-corrected chi connectivity index (χ3v) is 29.3. The molecule has 20 N–H and O–H groups in total. The molecule has 8 aliphatic heterocycles. The molecule has 1 aliphatic carbocycles. The van der Waals surface area contributed by atoms with Crippen molar-refractivity contribution in [3.05, 3.63) is 128 Å². The molecule has 30 atom stereocenters. The molecular formula is C67H81N25O38P6. The van der Waals surface area contributed by atoms with Crippen molar-refractivity contribution in [3.8, 4) is 0 Å². The van der Waals surface area contributed by atoms with E-state index in [4.69, 9.17) is 89.4 Å². The van der Waals surface area contributed by atoms with Crippen LogP contribution in [0.25, 0.3) is 55.8 Å². The van der Waals surface area contributed by atoms with Crippen molar-refractivity contribution in [2.45, 2.75) is 168 Å². The van der Waals surface area contributed by atoms with Gasteiger partial charge in [-0.1, -0.05) is 0 Å². The maximum Gasteiger partial charge on any atom is 0.472 e. The number of anilines is 3. The number of nitrogens with two attached hydrogens (primary N) is 2. The Kier molecular flexibility index (Phi) is 25.4. The first-order chi connectivity index (χ1) is 64.5. The van der Waals surface area contributed by atoms with Gasteiger partial charge in [-0.3, -0.25) is 86.8 Å². The summed E-state index contributed by atoms with van der Waals surface area (Å²) in [5.74, 6) is 0.354. The number of hydrogen-bond acceptors (Lipinski definition) is 48. The monoisotopic (exact) mass is 2030 g/mol. The van der Waals surface area contributed by atoms with Crippen molar-refractivity contribution >= 4 is 120 Å². The number of aliphatic hydroxyl groups is 6. The number of fused-ring (bicyclic) bond motifs is 15. The molecule has 9 aliphatic rings. The van der Waals surface area contributed by atoms with Crippen LogP contribution in [0.5, 0.6) is 0 Å². The van der Waals surface area contributed by atoms with Gasteiger partial charge in [-0.25, -0.2) is 87.2 Å². The SMILES string of the molecule is CNc1ncnc2c(C3OC4COP(=O)(O)OC5C(O)C(COP(=O)(O)OC4C3O)OC5n3cnc4c(=O)[nH]c(C)nc43)cnn12.Cc1nc2c(ncn2C2OC3COP(=O)(O)OC4C(COP(=O)(O)OC2C3O)CC(n2ccc3c(N)ncnc32)C4O)c(=O)[nH]1.Cc1nc2c(ncn2C2OC3COP(=O)(O)OC4C(COP(=O)(O)OC2C3O)OC(c2cnc3c(N)nccn23)C4O)c(=O)[nH]1. The van der Waals surface area contributed by atoms with Crippen LogP contribution in [0.4, 0.5) is 17.6 Å². The number of nitrogens with zero attached hydrogens (tertiary/aromatic N) is 19. The zero-order valence-electron chi connectivity index (χ0n) is 70.0. The van der Waals surface area contributed by atoms with Crippen LogP contribution in [0.2, 0.25) is 0 Å². The molecule has 69 heteroatoms. The summed E-state index contributed by atoms with van der Waals surface area (Å²) in [5.41, 5.74) is 11.2. The Bertz CT molecular complexity index is 6850. The standard InChI is InChI=1S/C23H28N8O12P2.C22H27N9O13P2.C22H26N8O13P2/c1-9-28-21-14(22(34)29-9)27-8-31(21)23-18-16(33)13(41-23)6-40-45(37,38)42-17-10(5-39-44(35,36)43-18)4-12(15(17)32)30-3-2-11-19(24)25-7-26-20(11)30;1-8-28-19-12(20(34)29-8)26-7-30(19)21-17-13(32)10(42-21)4-39-45(35,36)43-16-11(5-40-46(37,38)44-17)41-15(14(16)33)9-3-27-31-18(9)24-6-25-22(31)23-2;1-8-27-19-12(21(33)28-8)26-7-30(19)22-17-13(31)10(41-22)5-38-44(34,35)42-16-11(6-39-45(36,37)43-17)40-15(14(16)32)9-4-25-20-18(23)24-2-3-29(9)20/h2-3,7-8,10,12-13,15-18,23,32-33H,4-6H2,1H3,(H,35,36)(H,37,38)(H2,24,25,26)(H,28,29,34);3,6-7,10-11,13-17,21,32-33H,4-5H2,1-2H3,(H,35,36)(H,37,38)(H,23,24,25)(H,28,29,34);2-4,7,10-11,13-17,22,31-32H,5-6H2,1H3,(H2,23,24)(H,34,35)(H,36,37)(H,27,28,33). The summed E-state index contributed by atoms with van der Waals surface area (Å²) in [6.07, 6.45) is -20.2. The van der Waals surface area contributed by atoms with E-state index in [0.29, 0.717) is 17.0 Å². The van der Waals surface area contributed by atoms with E-state index in [0.717, 1.165) is 12.7 Å². The maximum absolute atomic E-state index is 13.3. The molecular weight excluding hydrogens is 1950 g/mol. The van der Waals surface area contributed by atoms with Crippen LogP contribution >= 0.6 is 46.9 Å². The Morgan fingerprint density at radius 2 is 0.831 bits per heavy atom. The summed E-state index contributed by atoms with van der Waals surface area (Å²) >= 11 is 0. The van der Waals surface area contributed by atoms with Crippen LogP contribution in [0.3, 0.4) is 0 Å². The normalized spacial score (nSPS) is 37.5. The highest BCUT2D eigenvalue weighted by Crippen LogP contribution is 2.60. The number of rotatable bonds is 7. The molecule has 6 bridgehead atoms. The number of aromatic amines is 3. The lowest BCUT2D eigenvalue weighted by molar-refractivity contribution is -0.0638. The fraction of sp³-hybridized carbons (Fsp3) is 0.522. The fourth-order valence-electron chi connectivity index (χ4n) is 17.2. The Hall–Kier alpha value is -9.54. The first-order valence-corrected chi connectivity index (χ1v) is 49.6. The summed E-state index contributed by atoms with van der Waals surface area (Å²) in [6.45, 7) is 0.0837. The van der Waals surface area contributed by atoms with E-state index in [9.17, 15) is 102 Å². The van der Waals surface area contributed by atoms with Gasteiger partial charge in [-0.15, -0.1) is 0 Å². The highest BCUT2D eigenvalue weighted by molar-refractivity contribution is 7.48. The number of phosphoric acid groups is 6. The van der Waals surface area contributed by atoms with Crippen molar-refractivity contribution in [1.29, 1.82) is 0 Å². The Morgan fingerprint density at radius 1 is 0.419 bits per heavy atom. The molecule has 0 amide bonds. The molecule has 732 valence electrons. The molecule has 136 heavy (non-hydrogen) atoms. The number of aromatic nitrogens is 22. The lowest BCUT2D eigenvalue weighted by Crippen LogP contribution is -2.36.